The Hall–Kier alpha value is -1.62. The zero-order chi connectivity index (χ0) is 16.2. The van der Waals surface area contributed by atoms with E-state index in [9.17, 15) is 14.3 Å². The number of amides is 1. The van der Waals surface area contributed by atoms with Crippen LogP contribution in [0.5, 0.6) is 5.75 Å². The lowest BCUT2D eigenvalue weighted by molar-refractivity contribution is -0.128. The minimum atomic E-state index is -0.872. The van der Waals surface area contributed by atoms with Crippen molar-refractivity contribution in [3.05, 3.63) is 29.6 Å². The molecule has 1 aromatic carbocycles. The van der Waals surface area contributed by atoms with E-state index < -0.39 is 11.4 Å². The van der Waals surface area contributed by atoms with Gasteiger partial charge in [-0.3, -0.25) is 4.79 Å². The third-order valence-corrected chi connectivity index (χ3v) is 4.33. The molecule has 22 heavy (non-hydrogen) atoms. The minimum Gasteiger partial charge on any atom is -0.494 e. The summed E-state index contributed by atoms with van der Waals surface area (Å²) in [5.74, 6) is -0.453. The third-order valence-electron chi connectivity index (χ3n) is 4.33. The molecule has 0 aliphatic heterocycles. The Balaban J connectivity index is 1.96. The summed E-state index contributed by atoms with van der Waals surface area (Å²) in [6.07, 6.45) is 4.53. The second-order valence-electron chi connectivity index (χ2n) is 6.14. The van der Waals surface area contributed by atoms with E-state index in [0.717, 1.165) is 24.8 Å². The van der Waals surface area contributed by atoms with E-state index in [0.29, 0.717) is 12.8 Å². The van der Waals surface area contributed by atoms with Crippen molar-refractivity contribution in [1.82, 2.24) is 5.32 Å². The lowest BCUT2D eigenvalue weighted by Gasteiger charge is -2.31. The molecule has 1 fully saturated rings. The lowest BCUT2D eigenvalue weighted by Crippen LogP contribution is -2.39. The van der Waals surface area contributed by atoms with E-state index in [2.05, 4.69) is 5.32 Å². The van der Waals surface area contributed by atoms with Crippen molar-refractivity contribution in [2.45, 2.75) is 57.1 Å². The van der Waals surface area contributed by atoms with Crippen LogP contribution in [0.1, 0.15) is 57.1 Å². The van der Waals surface area contributed by atoms with Gasteiger partial charge >= 0.3 is 0 Å². The SMILES string of the molecule is COc1cc(C(C)NC(=O)CC2(O)CCCCC2)ccc1F. The van der Waals surface area contributed by atoms with E-state index in [1.165, 1.54) is 13.2 Å². The topological polar surface area (TPSA) is 58.6 Å². The zero-order valence-electron chi connectivity index (χ0n) is 13.2. The van der Waals surface area contributed by atoms with Crippen LogP contribution in [0.15, 0.2) is 18.2 Å². The summed E-state index contributed by atoms with van der Waals surface area (Å²) in [4.78, 5) is 12.1. The van der Waals surface area contributed by atoms with Crippen LogP contribution in [0, 0.1) is 5.82 Å². The van der Waals surface area contributed by atoms with Gasteiger partial charge in [0.1, 0.15) is 0 Å². The third kappa shape index (κ3) is 4.19. The van der Waals surface area contributed by atoms with Crippen LogP contribution < -0.4 is 10.1 Å². The molecule has 1 amide bonds. The van der Waals surface area contributed by atoms with Crippen molar-refractivity contribution < 1.29 is 19.0 Å². The summed E-state index contributed by atoms with van der Waals surface area (Å²) >= 11 is 0. The second-order valence-corrected chi connectivity index (χ2v) is 6.14. The standard InChI is InChI=1S/C17H24FNO3/c1-12(13-6-7-14(18)15(10-13)22-2)19-16(20)11-17(21)8-4-3-5-9-17/h6-7,10,12,21H,3-5,8-9,11H2,1-2H3,(H,19,20). The van der Waals surface area contributed by atoms with Gasteiger partial charge in [0.25, 0.3) is 0 Å². The molecule has 2 rings (SSSR count). The Morgan fingerprint density at radius 3 is 2.73 bits per heavy atom. The van der Waals surface area contributed by atoms with Gasteiger partial charge in [0.05, 0.1) is 25.2 Å². The molecule has 1 saturated carbocycles. The summed E-state index contributed by atoms with van der Waals surface area (Å²) < 4.78 is 18.4. The normalized spacial score (nSPS) is 18.5. The molecule has 0 saturated heterocycles. The van der Waals surface area contributed by atoms with Crippen molar-refractivity contribution >= 4 is 5.91 Å². The first-order valence-electron chi connectivity index (χ1n) is 7.79. The number of hydrogen-bond acceptors (Lipinski definition) is 3. The Morgan fingerprint density at radius 1 is 1.41 bits per heavy atom. The number of halogens is 1. The van der Waals surface area contributed by atoms with Crippen LogP contribution in [0.2, 0.25) is 0 Å². The second kappa shape index (κ2) is 7.09. The monoisotopic (exact) mass is 309 g/mol. The van der Waals surface area contributed by atoms with Crippen LogP contribution in [0.25, 0.3) is 0 Å². The van der Waals surface area contributed by atoms with Gasteiger partial charge in [-0.25, -0.2) is 4.39 Å². The van der Waals surface area contributed by atoms with Gasteiger partial charge in [-0.15, -0.1) is 0 Å². The van der Waals surface area contributed by atoms with Crippen LogP contribution in [0.3, 0.4) is 0 Å². The van der Waals surface area contributed by atoms with Gasteiger partial charge in [0.2, 0.25) is 5.91 Å². The molecule has 122 valence electrons. The fraction of sp³-hybridized carbons (Fsp3) is 0.588. The van der Waals surface area contributed by atoms with E-state index in [-0.39, 0.29) is 24.1 Å². The zero-order valence-corrected chi connectivity index (χ0v) is 13.2. The molecular formula is C17H24FNO3. The van der Waals surface area contributed by atoms with Crippen molar-refractivity contribution in [2.75, 3.05) is 7.11 Å². The number of hydrogen-bond donors (Lipinski definition) is 2. The number of benzene rings is 1. The first kappa shape index (κ1) is 16.7. The predicted molar refractivity (Wildman–Crippen MR) is 82.2 cm³/mol. The van der Waals surface area contributed by atoms with Crippen molar-refractivity contribution in [1.29, 1.82) is 0 Å². The van der Waals surface area contributed by atoms with Crippen LogP contribution in [-0.2, 0) is 4.79 Å². The fourth-order valence-electron chi connectivity index (χ4n) is 3.01. The highest BCUT2D eigenvalue weighted by molar-refractivity contribution is 5.77. The maximum Gasteiger partial charge on any atom is 0.223 e. The summed E-state index contributed by atoms with van der Waals surface area (Å²) in [5.41, 5.74) is -0.107. The first-order chi connectivity index (χ1) is 10.4. The highest BCUT2D eigenvalue weighted by Crippen LogP contribution is 2.31. The van der Waals surface area contributed by atoms with Gasteiger partial charge in [0, 0.05) is 0 Å². The lowest BCUT2D eigenvalue weighted by atomic mass is 9.82. The number of carbonyl (C=O) groups is 1. The Labute approximate surface area is 130 Å². The number of carbonyl (C=O) groups excluding carboxylic acids is 1. The molecule has 4 nitrogen and oxygen atoms in total. The van der Waals surface area contributed by atoms with Crippen molar-refractivity contribution in [3.8, 4) is 5.75 Å². The number of aliphatic hydroxyl groups is 1. The van der Waals surface area contributed by atoms with Crippen LogP contribution in [-0.4, -0.2) is 23.7 Å². The molecule has 1 atom stereocenters. The first-order valence-corrected chi connectivity index (χ1v) is 7.79. The molecule has 1 unspecified atom stereocenters. The molecule has 0 aromatic heterocycles. The average Bonchev–Trinajstić information content (AvgIpc) is 2.47. The molecule has 1 aromatic rings. The van der Waals surface area contributed by atoms with Crippen molar-refractivity contribution in [2.24, 2.45) is 0 Å². The predicted octanol–water partition coefficient (Wildman–Crippen LogP) is 3.10. The minimum absolute atomic E-state index is 0.121. The Bertz CT molecular complexity index is 527. The van der Waals surface area contributed by atoms with Gasteiger partial charge < -0.3 is 15.2 Å². The summed E-state index contributed by atoms with van der Waals surface area (Å²) in [7, 11) is 1.41. The van der Waals surface area contributed by atoms with Crippen LogP contribution >= 0.6 is 0 Å². The fourth-order valence-corrected chi connectivity index (χ4v) is 3.01. The number of nitrogens with one attached hydrogen (secondary N) is 1. The van der Waals surface area contributed by atoms with E-state index in [1.54, 1.807) is 12.1 Å². The molecule has 0 bridgehead atoms. The van der Waals surface area contributed by atoms with Gasteiger partial charge in [-0.2, -0.15) is 0 Å². The van der Waals surface area contributed by atoms with Crippen molar-refractivity contribution in [3.63, 3.8) is 0 Å². The largest absolute Gasteiger partial charge is 0.494 e. The molecule has 2 N–H and O–H groups in total. The van der Waals surface area contributed by atoms with Crippen LogP contribution in [0.4, 0.5) is 4.39 Å². The molecule has 1 aliphatic carbocycles. The molecular weight excluding hydrogens is 285 g/mol. The smallest absolute Gasteiger partial charge is 0.223 e. The summed E-state index contributed by atoms with van der Waals surface area (Å²) in [5, 5.41) is 13.3. The molecule has 0 spiro atoms. The highest BCUT2D eigenvalue weighted by atomic mass is 19.1. The molecule has 1 aliphatic rings. The molecule has 0 radical (unpaired) electrons. The van der Waals surface area contributed by atoms with Gasteiger partial charge in [-0.05, 0) is 37.5 Å². The maximum absolute atomic E-state index is 13.4. The quantitative estimate of drug-likeness (QED) is 0.878. The number of methoxy groups -OCH3 is 1. The molecule has 0 heterocycles. The number of rotatable bonds is 5. The summed E-state index contributed by atoms with van der Waals surface area (Å²) in [6.45, 7) is 1.83. The van der Waals surface area contributed by atoms with Gasteiger partial charge in [-0.1, -0.05) is 25.3 Å². The van der Waals surface area contributed by atoms with E-state index >= 15 is 0 Å². The average molecular weight is 309 g/mol. The highest BCUT2D eigenvalue weighted by Gasteiger charge is 2.32. The van der Waals surface area contributed by atoms with E-state index in [1.807, 2.05) is 6.92 Å². The summed E-state index contributed by atoms with van der Waals surface area (Å²) in [6, 6.07) is 4.26. The number of ether oxygens (including phenoxy) is 1. The Morgan fingerprint density at radius 2 is 2.09 bits per heavy atom. The molecule has 5 heteroatoms. The maximum atomic E-state index is 13.4. The van der Waals surface area contributed by atoms with Gasteiger partial charge in [0.15, 0.2) is 11.6 Å². The van der Waals surface area contributed by atoms with E-state index in [4.69, 9.17) is 4.74 Å². The Kier molecular flexibility index (Phi) is 5.40.